The van der Waals surface area contributed by atoms with E-state index >= 15 is 0 Å². The largest absolute Gasteiger partial charge is 0.458 e. The Morgan fingerprint density at radius 3 is 1.05 bits per heavy atom. The van der Waals surface area contributed by atoms with Gasteiger partial charge < -0.3 is 23.7 Å². The Morgan fingerprint density at radius 2 is 0.562 bits per heavy atom. The van der Waals surface area contributed by atoms with Gasteiger partial charge in [-0.25, -0.2) is 0 Å². The lowest BCUT2D eigenvalue weighted by Crippen LogP contribution is -2.62. The molecule has 10 heterocycles. The Balaban J connectivity index is 0.0000000972. The van der Waals surface area contributed by atoms with Crippen molar-refractivity contribution in [1.29, 1.82) is 0 Å². The van der Waals surface area contributed by atoms with Crippen LogP contribution < -0.4 is 106 Å². The van der Waals surface area contributed by atoms with Crippen molar-refractivity contribution < 1.29 is 23.7 Å². The fraction of sp³-hybridized carbons (Fsp3) is 0.189. The summed E-state index contributed by atoms with van der Waals surface area (Å²) in [6.07, 6.45) is 0. The molecule has 0 aliphatic carbocycles. The highest BCUT2D eigenvalue weighted by atomic mass is 127. The molecule has 0 fully saturated rings. The summed E-state index contributed by atoms with van der Waals surface area (Å²) in [6, 6.07) is 91.1. The standard InChI is InChI=1S/C23H20BBrO.2C23H20BClO.C21H15BBr2O.C21H15BI2O/c2*1-13-5-9-19-18(11-13)24-17-8-7-15(25)12-16(17)23(3,4)21-14(2)6-10-20(26-19)22(21)24;1-13-5-9-19-18(11-13)24-17-12-15(25)7-8-16(17)23(3,4)21-14(2)6-10-20(26-19)22(21)24;2*1-21(2)13-5-3-4-6-14(13)22-15-11-12(23)7-9-17(15)25-18-10-8-16(24)19(21)20(18)22/h3*5-12H,1-4H3;2*3-11H,1-2H3. The lowest BCUT2D eigenvalue weighted by Gasteiger charge is -2.42. The van der Waals surface area contributed by atoms with Crippen LogP contribution in [0.2, 0.25) is 10.0 Å². The third-order valence-electron chi connectivity index (χ3n) is 29.1. The molecule has 628 valence electrons. The van der Waals surface area contributed by atoms with Crippen LogP contribution in [0, 0.1) is 48.7 Å². The Kier molecular flexibility index (Phi) is 21.1. The molecule has 0 N–H and O–H groups in total. The van der Waals surface area contributed by atoms with Crippen LogP contribution in [0.5, 0.6) is 57.5 Å². The molecular formula is C111H90B5Br3Cl2I2O5. The van der Waals surface area contributed by atoms with E-state index in [0.717, 1.165) is 81.0 Å². The Morgan fingerprint density at radius 1 is 0.250 bits per heavy atom. The summed E-state index contributed by atoms with van der Waals surface area (Å²) in [5.41, 5.74) is 40.9. The number of rotatable bonds is 0. The van der Waals surface area contributed by atoms with Gasteiger partial charge in [0.25, 0.3) is 33.6 Å². The van der Waals surface area contributed by atoms with Crippen LogP contribution in [0.4, 0.5) is 0 Å². The van der Waals surface area contributed by atoms with Crippen LogP contribution in [0.3, 0.4) is 0 Å². The first kappa shape index (κ1) is 85.9. The number of hydrogen-bond donors (Lipinski definition) is 0. The van der Waals surface area contributed by atoms with Crippen LogP contribution >= 0.6 is 116 Å². The van der Waals surface area contributed by atoms with E-state index in [1.807, 2.05) is 18.2 Å². The van der Waals surface area contributed by atoms with Gasteiger partial charge in [-0.1, -0.05) is 306 Å². The monoisotopic (exact) mass is 2120 g/mol. The average molecular weight is 2120 g/mol. The van der Waals surface area contributed by atoms with Crippen LogP contribution in [0.1, 0.15) is 158 Å². The number of aryl methyl sites for hydroxylation is 6. The van der Waals surface area contributed by atoms with E-state index in [4.69, 9.17) is 46.9 Å². The van der Waals surface area contributed by atoms with E-state index in [2.05, 4.69) is 440 Å². The molecule has 0 bridgehead atoms. The van der Waals surface area contributed by atoms with E-state index in [-0.39, 0.29) is 60.6 Å². The van der Waals surface area contributed by atoms with Gasteiger partial charge in [-0.15, -0.1) is 0 Å². The molecule has 0 radical (unpaired) electrons. The molecule has 0 unspecified atom stereocenters. The van der Waals surface area contributed by atoms with Gasteiger partial charge in [0.05, 0.1) is 0 Å². The first-order valence-electron chi connectivity index (χ1n) is 44.1. The van der Waals surface area contributed by atoms with E-state index in [0.29, 0.717) is 0 Å². The number of benzene rings is 15. The lowest BCUT2D eigenvalue weighted by molar-refractivity contribution is 0.484. The van der Waals surface area contributed by atoms with E-state index in [1.54, 1.807) is 0 Å². The van der Waals surface area contributed by atoms with Gasteiger partial charge in [-0.2, -0.15) is 0 Å². The highest BCUT2D eigenvalue weighted by Gasteiger charge is 2.52. The van der Waals surface area contributed by atoms with Crippen molar-refractivity contribution in [2.45, 2.75) is 138 Å². The maximum absolute atomic E-state index is 6.44. The second kappa shape index (κ2) is 31.4. The molecule has 5 nitrogen and oxygen atoms in total. The maximum atomic E-state index is 6.44. The molecule has 15 aromatic carbocycles. The second-order valence-corrected chi connectivity index (χ2v) is 44.8. The third kappa shape index (κ3) is 13.5. The summed E-state index contributed by atoms with van der Waals surface area (Å²) in [5.74, 6) is 9.79. The van der Waals surface area contributed by atoms with E-state index < -0.39 is 0 Å². The SMILES string of the molecule is CC1(C)c2ccccc2B2c3cc(Br)ccc3Oc3ccc(Br)c1c32.CC1(C)c2ccccc2B2c3cc(I)ccc3Oc3ccc(I)c1c32.Cc1ccc2c(c1)B1c3cc(Cl)ccc3C(C)(C)c3c(C)ccc(c31)O2.Cc1ccc2c(c1)B1c3ccc(Br)cc3C(C)(C)c3c(C)ccc(c31)O2.Cc1ccc2c(c1)B1c3ccc(Cl)cc3C(C)(C)c3c(C)ccc(c31)O2. The highest BCUT2D eigenvalue weighted by molar-refractivity contribution is 14.1. The van der Waals surface area contributed by atoms with Crippen molar-refractivity contribution in [1.82, 2.24) is 0 Å². The van der Waals surface area contributed by atoms with Gasteiger partial charge in [0.2, 0.25) is 0 Å². The molecule has 0 atom stereocenters. The van der Waals surface area contributed by atoms with E-state index in [9.17, 15) is 0 Å². The average Bonchev–Trinajstić information content (AvgIpc) is 0.721. The molecule has 17 heteroatoms. The van der Waals surface area contributed by atoms with Crippen LogP contribution in [-0.2, 0) is 27.1 Å². The van der Waals surface area contributed by atoms with Crippen LogP contribution in [0.15, 0.2) is 268 Å². The van der Waals surface area contributed by atoms with Crippen molar-refractivity contribution in [3.8, 4) is 57.5 Å². The van der Waals surface area contributed by atoms with E-state index in [1.165, 1.54) is 178 Å². The van der Waals surface area contributed by atoms with Gasteiger partial charge in [-0.3, -0.25) is 0 Å². The second-order valence-electron chi connectivity index (χ2n) is 38.8. The van der Waals surface area contributed by atoms with Crippen molar-refractivity contribution in [2.24, 2.45) is 0 Å². The summed E-state index contributed by atoms with van der Waals surface area (Å²) in [7, 11) is 0. The fourth-order valence-corrected chi connectivity index (χ4v) is 27.4. The molecule has 0 amide bonds. The zero-order valence-corrected chi connectivity index (χ0v) is 84.9. The van der Waals surface area contributed by atoms with Gasteiger partial charge in [0.1, 0.15) is 57.5 Å². The summed E-state index contributed by atoms with van der Waals surface area (Å²) >= 11 is 28.9. The summed E-state index contributed by atoms with van der Waals surface area (Å²) in [4.78, 5) is 0. The molecular weight excluding hydrogens is 2030 g/mol. The molecule has 25 rings (SSSR count). The topological polar surface area (TPSA) is 46.2 Å². The maximum Gasteiger partial charge on any atom is 0.251 e. The molecule has 15 aromatic rings. The van der Waals surface area contributed by atoms with Gasteiger partial charge in [-0.05, 0) is 347 Å². The molecule has 0 saturated carbocycles. The molecule has 0 saturated heterocycles. The zero-order chi connectivity index (χ0) is 89.3. The number of hydrogen-bond acceptors (Lipinski definition) is 5. The van der Waals surface area contributed by atoms with Crippen molar-refractivity contribution in [3.63, 3.8) is 0 Å². The third-order valence-corrected chi connectivity index (χ3v) is 32.8. The molecule has 0 spiro atoms. The van der Waals surface area contributed by atoms with Crippen molar-refractivity contribution in [2.75, 3.05) is 0 Å². The number of fused-ring (bicyclic) bond motifs is 20. The number of halogens is 7. The minimum atomic E-state index is -0.114. The summed E-state index contributed by atoms with van der Waals surface area (Å²) in [5, 5.41) is 1.59. The first-order valence-corrected chi connectivity index (χ1v) is 49.3. The Labute approximate surface area is 816 Å². The van der Waals surface area contributed by atoms with Gasteiger partial charge in [0.15, 0.2) is 0 Å². The quantitative estimate of drug-likeness (QED) is 0.112. The molecule has 128 heavy (non-hydrogen) atoms. The molecule has 0 aromatic heterocycles. The summed E-state index contributed by atoms with van der Waals surface area (Å²) < 4.78 is 37.6. The lowest BCUT2D eigenvalue weighted by atomic mass is 9.30. The van der Waals surface area contributed by atoms with Crippen molar-refractivity contribution in [3.05, 3.63) is 374 Å². The minimum absolute atomic E-state index is 0.0300. The Hall–Kier alpha value is -8.90. The number of ether oxygens (including phenoxy) is 5. The summed E-state index contributed by atoms with van der Waals surface area (Å²) in [6.45, 7) is 37.3. The normalized spacial score (nSPS) is 15.7. The molecule has 10 aliphatic rings. The highest BCUT2D eigenvalue weighted by Crippen LogP contribution is 2.48. The smallest absolute Gasteiger partial charge is 0.251 e. The van der Waals surface area contributed by atoms with Gasteiger partial charge in [0, 0.05) is 57.7 Å². The minimum Gasteiger partial charge on any atom is -0.458 e. The van der Waals surface area contributed by atoms with Crippen molar-refractivity contribution >= 4 is 232 Å². The molecule has 10 aliphatic heterocycles. The predicted molar refractivity (Wildman–Crippen MR) is 568 cm³/mol. The predicted octanol–water partition coefficient (Wildman–Crippen LogP) is 21.4. The van der Waals surface area contributed by atoms with Crippen LogP contribution in [0.25, 0.3) is 0 Å². The fourth-order valence-electron chi connectivity index (χ4n) is 23.8. The van der Waals surface area contributed by atoms with Crippen LogP contribution in [-0.4, -0.2) is 33.6 Å². The van der Waals surface area contributed by atoms with Gasteiger partial charge >= 0.3 is 0 Å². The Bertz CT molecular complexity index is 7000. The zero-order valence-electron chi connectivity index (χ0n) is 74.3. The first-order chi connectivity index (χ1) is 61.1.